The molecule has 112 valence electrons. The van der Waals surface area contributed by atoms with E-state index < -0.39 is 10.0 Å². The van der Waals surface area contributed by atoms with Gasteiger partial charge in [-0.2, -0.15) is 4.31 Å². The Morgan fingerprint density at radius 3 is 2.38 bits per heavy atom. The third-order valence-electron chi connectivity index (χ3n) is 3.22. The summed E-state index contributed by atoms with van der Waals surface area (Å²) in [6.07, 6.45) is 0. The second-order valence-electron chi connectivity index (χ2n) is 4.91. The van der Waals surface area contributed by atoms with E-state index >= 15 is 0 Å². The number of aryl methyl sites for hydroxylation is 1. The first kappa shape index (κ1) is 16.0. The molecule has 0 saturated carbocycles. The number of hydrogen-bond acceptors (Lipinski definition) is 3. The molecule has 0 aliphatic heterocycles. The Labute approximate surface area is 133 Å². The number of nitrogens with zero attached hydrogens (tertiary/aromatic N) is 1. The lowest BCUT2D eigenvalue weighted by Gasteiger charge is -2.19. The van der Waals surface area contributed by atoms with Crippen molar-refractivity contribution in [3.05, 3.63) is 58.1 Å². The number of sulfonamides is 1. The highest BCUT2D eigenvalue weighted by Gasteiger charge is 2.23. The molecule has 0 saturated heterocycles. The van der Waals surface area contributed by atoms with Crippen molar-refractivity contribution in [1.29, 1.82) is 0 Å². The van der Waals surface area contributed by atoms with Gasteiger partial charge in [-0.15, -0.1) is 0 Å². The van der Waals surface area contributed by atoms with Crippen molar-refractivity contribution in [3.8, 4) is 0 Å². The number of nitrogen functional groups attached to an aromatic ring is 1. The van der Waals surface area contributed by atoms with E-state index in [9.17, 15) is 8.42 Å². The van der Waals surface area contributed by atoms with Crippen LogP contribution in [0, 0.1) is 6.92 Å². The van der Waals surface area contributed by atoms with E-state index in [1.54, 1.807) is 26.1 Å². The molecule has 0 atom stereocenters. The van der Waals surface area contributed by atoms with Gasteiger partial charge in [0.15, 0.2) is 0 Å². The molecule has 0 fully saturated rings. The second kappa shape index (κ2) is 6.17. The Balaban J connectivity index is 2.30. The number of halogens is 1. The summed E-state index contributed by atoms with van der Waals surface area (Å²) < 4.78 is 27.6. The molecule has 0 aliphatic carbocycles. The Morgan fingerprint density at radius 1 is 1.14 bits per heavy atom. The van der Waals surface area contributed by atoms with E-state index in [0.717, 1.165) is 10.0 Å². The smallest absolute Gasteiger partial charge is 0.243 e. The van der Waals surface area contributed by atoms with Crippen LogP contribution in [0.3, 0.4) is 0 Å². The quantitative estimate of drug-likeness (QED) is 0.842. The highest BCUT2D eigenvalue weighted by Crippen LogP contribution is 2.23. The summed E-state index contributed by atoms with van der Waals surface area (Å²) in [5.41, 5.74) is 7.76. The highest BCUT2D eigenvalue weighted by molar-refractivity contribution is 9.10. The Bertz CT molecular complexity index is 743. The topological polar surface area (TPSA) is 63.4 Å². The first-order valence-corrected chi connectivity index (χ1v) is 8.61. The van der Waals surface area contributed by atoms with Crippen molar-refractivity contribution in [2.24, 2.45) is 0 Å². The molecule has 0 unspecified atom stereocenters. The van der Waals surface area contributed by atoms with E-state index in [1.807, 2.05) is 24.3 Å². The second-order valence-corrected chi connectivity index (χ2v) is 7.84. The Hall–Kier alpha value is -1.37. The van der Waals surface area contributed by atoms with E-state index in [2.05, 4.69) is 15.9 Å². The minimum atomic E-state index is -3.56. The molecule has 0 heterocycles. The van der Waals surface area contributed by atoms with Gasteiger partial charge < -0.3 is 5.73 Å². The molecule has 4 nitrogen and oxygen atoms in total. The maximum absolute atomic E-state index is 12.6. The van der Waals surface area contributed by atoms with Gasteiger partial charge in [0.05, 0.1) is 4.90 Å². The summed E-state index contributed by atoms with van der Waals surface area (Å²) in [5, 5.41) is 0. The molecular formula is C15H17BrN2O2S. The van der Waals surface area contributed by atoms with Crippen LogP contribution >= 0.6 is 15.9 Å². The van der Waals surface area contributed by atoms with Gasteiger partial charge in [0, 0.05) is 23.8 Å². The normalized spacial score (nSPS) is 11.8. The predicted octanol–water partition coefficient (Wildman–Crippen LogP) is 3.16. The largest absolute Gasteiger partial charge is 0.399 e. The third-order valence-corrected chi connectivity index (χ3v) is 5.69. The summed E-state index contributed by atoms with van der Waals surface area (Å²) in [6, 6.07) is 12.5. The number of hydrogen-bond donors (Lipinski definition) is 1. The maximum Gasteiger partial charge on any atom is 0.243 e. The van der Waals surface area contributed by atoms with E-state index in [-0.39, 0.29) is 4.90 Å². The van der Waals surface area contributed by atoms with Crippen LogP contribution in [-0.2, 0) is 16.6 Å². The van der Waals surface area contributed by atoms with Gasteiger partial charge in [0.25, 0.3) is 0 Å². The molecule has 0 spiro atoms. The van der Waals surface area contributed by atoms with Gasteiger partial charge in [0.1, 0.15) is 0 Å². The number of rotatable bonds is 4. The summed E-state index contributed by atoms with van der Waals surface area (Å²) in [5.74, 6) is 0. The van der Waals surface area contributed by atoms with Crippen LogP contribution < -0.4 is 5.73 Å². The molecule has 2 aromatic carbocycles. The van der Waals surface area contributed by atoms with Crippen molar-refractivity contribution in [2.75, 3.05) is 12.8 Å². The standard InChI is InChI=1S/C15H17BrN2O2S/c1-11-3-8-14(17)9-15(11)21(19,20)18(2)10-12-4-6-13(16)7-5-12/h3-9H,10,17H2,1-2H3. The zero-order valence-corrected chi connectivity index (χ0v) is 14.3. The minimum Gasteiger partial charge on any atom is -0.399 e. The lowest BCUT2D eigenvalue weighted by molar-refractivity contribution is 0.466. The van der Waals surface area contributed by atoms with E-state index in [1.165, 1.54) is 10.4 Å². The van der Waals surface area contributed by atoms with Crippen LogP contribution in [0.5, 0.6) is 0 Å². The molecular weight excluding hydrogens is 352 g/mol. The molecule has 2 rings (SSSR count). The number of benzene rings is 2. The predicted molar refractivity (Wildman–Crippen MR) is 88.4 cm³/mol. The van der Waals surface area contributed by atoms with Gasteiger partial charge in [0.2, 0.25) is 10.0 Å². The van der Waals surface area contributed by atoms with E-state index in [4.69, 9.17) is 5.73 Å². The van der Waals surface area contributed by atoms with Crippen LogP contribution in [0.15, 0.2) is 51.8 Å². The van der Waals surface area contributed by atoms with Gasteiger partial charge in [-0.05, 0) is 42.3 Å². The molecule has 0 amide bonds. The summed E-state index contributed by atoms with van der Waals surface area (Å²) in [6.45, 7) is 2.07. The summed E-state index contributed by atoms with van der Waals surface area (Å²) in [7, 11) is -1.99. The van der Waals surface area contributed by atoms with Gasteiger partial charge in [-0.1, -0.05) is 34.1 Å². The molecule has 21 heavy (non-hydrogen) atoms. The molecule has 2 N–H and O–H groups in total. The molecule has 0 aliphatic rings. The molecule has 2 aromatic rings. The summed E-state index contributed by atoms with van der Waals surface area (Å²) >= 11 is 3.36. The maximum atomic E-state index is 12.6. The highest BCUT2D eigenvalue weighted by atomic mass is 79.9. The molecule has 6 heteroatoms. The zero-order valence-electron chi connectivity index (χ0n) is 11.9. The van der Waals surface area contributed by atoms with Crippen LogP contribution in [0.4, 0.5) is 5.69 Å². The molecule has 0 radical (unpaired) electrons. The monoisotopic (exact) mass is 368 g/mol. The first-order chi connectivity index (χ1) is 9.80. The van der Waals surface area contributed by atoms with Gasteiger partial charge in [-0.25, -0.2) is 8.42 Å². The fourth-order valence-electron chi connectivity index (χ4n) is 1.99. The van der Waals surface area contributed by atoms with Crippen LogP contribution in [0.25, 0.3) is 0 Å². The zero-order chi connectivity index (χ0) is 15.6. The van der Waals surface area contributed by atoms with Gasteiger partial charge >= 0.3 is 0 Å². The van der Waals surface area contributed by atoms with Crippen LogP contribution in [0.1, 0.15) is 11.1 Å². The van der Waals surface area contributed by atoms with Crippen LogP contribution in [-0.4, -0.2) is 19.8 Å². The van der Waals surface area contributed by atoms with Crippen molar-refractivity contribution in [3.63, 3.8) is 0 Å². The fourth-order valence-corrected chi connectivity index (χ4v) is 3.67. The van der Waals surface area contributed by atoms with E-state index in [0.29, 0.717) is 17.8 Å². The van der Waals surface area contributed by atoms with Crippen molar-refractivity contribution < 1.29 is 8.42 Å². The van der Waals surface area contributed by atoms with Crippen molar-refractivity contribution in [2.45, 2.75) is 18.4 Å². The Kier molecular flexibility index (Phi) is 4.70. The number of anilines is 1. The van der Waals surface area contributed by atoms with Gasteiger partial charge in [-0.3, -0.25) is 0 Å². The van der Waals surface area contributed by atoms with Crippen molar-refractivity contribution in [1.82, 2.24) is 4.31 Å². The first-order valence-electron chi connectivity index (χ1n) is 6.37. The average Bonchev–Trinajstić information content (AvgIpc) is 2.43. The van der Waals surface area contributed by atoms with Crippen molar-refractivity contribution >= 4 is 31.6 Å². The molecule has 0 aromatic heterocycles. The average molecular weight is 369 g/mol. The lowest BCUT2D eigenvalue weighted by atomic mass is 10.2. The summed E-state index contributed by atoms with van der Waals surface area (Å²) in [4.78, 5) is 0.252. The third kappa shape index (κ3) is 3.64. The fraction of sp³-hybridized carbons (Fsp3) is 0.200. The minimum absolute atomic E-state index is 0.252. The van der Waals surface area contributed by atoms with Crippen LogP contribution in [0.2, 0.25) is 0 Å². The lowest BCUT2D eigenvalue weighted by Crippen LogP contribution is -2.27. The SMILES string of the molecule is Cc1ccc(N)cc1S(=O)(=O)N(C)Cc1ccc(Br)cc1. The number of nitrogens with two attached hydrogens (primary N) is 1. The Morgan fingerprint density at radius 2 is 1.76 bits per heavy atom. The molecule has 0 bridgehead atoms.